The molecule has 0 aliphatic carbocycles. The summed E-state index contributed by atoms with van der Waals surface area (Å²) < 4.78 is 22.1. The number of amides is 2. The van der Waals surface area contributed by atoms with Gasteiger partial charge in [0.2, 0.25) is 12.2 Å². The molecule has 2 aromatic carbocycles. The monoisotopic (exact) mass is 356 g/mol. The summed E-state index contributed by atoms with van der Waals surface area (Å²) in [6, 6.07) is 14.1. The number of carbonyl (C=O) groups is 2. The highest BCUT2D eigenvalue weighted by atomic mass is 16.6. The van der Waals surface area contributed by atoms with Crippen LogP contribution in [0.5, 0.6) is 23.0 Å². The minimum absolute atomic E-state index is 0.0507. The van der Waals surface area contributed by atoms with Crippen molar-refractivity contribution in [2.24, 2.45) is 0 Å². The normalized spacial score (nSPS) is 20.0. The van der Waals surface area contributed by atoms with E-state index in [1.807, 2.05) is 12.1 Å². The summed E-state index contributed by atoms with van der Waals surface area (Å²) >= 11 is 0. The lowest BCUT2D eigenvalue weighted by molar-refractivity contribution is -0.138. The van der Waals surface area contributed by atoms with E-state index in [-0.39, 0.29) is 13.2 Å². The summed E-state index contributed by atoms with van der Waals surface area (Å²) in [7, 11) is 0. The minimum Gasteiger partial charge on any atom is -0.485 e. The number of hydrazine groups is 1. The first-order valence-electron chi connectivity index (χ1n) is 8.07. The number of para-hydroxylation sites is 4. The van der Waals surface area contributed by atoms with Gasteiger partial charge in [-0.15, -0.1) is 0 Å². The van der Waals surface area contributed by atoms with Crippen LogP contribution in [0.2, 0.25) is 0 Å². The molecule has 0 aromatic heterocycles. The fourth-order valence-corrected chi connectivity index (χ4v) is 2.58. The first-order chi connectivity index (χ1) is 12.7. The van der Waals surface area contributed by atoms with E-state index in [1.165, 1.54) is 0 Å². The van der Waals surface area contributed by atoms with Crippen LogP contribution in [0.4, 0.5) is 0 Å². The van der Waals surface area contributed by atoms with E-state index in [0.717, 1.165) is 0 Å². The maximum Gasteiger partial charge on any atom is 0.283 e. The van der Waals surface area contributed by atoms with Gasteiger partial charge in [-0.05, 0) is 24.3 Å². The van der Waals surface area contributed by atoms with Crippen molar-refractivity contribution in [2.45, 2.75) is 12.2 Å². The molecule has 2 N–H and O–H groups in total. The number of nitrogens with one attached hydrogen (secondary N) is 2. The van der Waals surface area contributed by atoms with E-state index in [2.05, 4.69) is 10.9 Å². The van der Waals surface area contributed by atoms with E-state index < -0.39 is 24.0 Å². The topological polar surface area (TPSA) is 95.1 Å². The van der Waals surface area contributed by atoms with E-state index >= 15 is 0 Å². The van der Waals surface area contributed by atoms with E-state index in [9.17, 15) is 9.59 Å². The molecule has 2 aliphatic heterocycles. The molecule has 8 nitrogen and oxygen atoms in total. The number of hydrogen-bond donors (Lipinski definition) is 2. The summed E-state index contributed by atoms with van der Waals surface area (Å²) in [5, 5.41) is 0. The second-order valence-corrected chi connectivity index (χ2v) is 5.71. The predicted molar refractivity (Wildman–Crippen MR) is 89.0 cm³/mol. The highest BCUT2D eigenvalue weighted by Gasteiger charge is 2.30. The summed E-state index contributed by atoms with van der Waals surface area (Å²) in [5.74, 6) is 1.06. The third-order valence-corrected chi connectivity index (χ3v) is 3.91. The van der Waals surface area contributed by atoms with Gasteiger partial charge in [0.1, 0.15) is 13.2 Å². The summed E-state index contributed by atoms with van der Waals surface area (Å²) in [4.78, 5) is 24.4. The third kappa shape index (κ3) is 3.21. The molecule has 0 saturated heterocycles. The van der Waals surface area contributed by atoms with Gasteiger partial charge in [-0.3, -0.25) is 20.4 Å². The van der Waals surface area contributed by atoms with Crippen molar-refractivity contribution >= 4 is 11.8 Å². The molecule has 0 fully saturated rings. The molecular weight excluding hydrogens is 340 g/mol. The van der Waals surface area contributed by atoms with Crippen LogP contribution in [0, 0.1) is 0 Å². The van der Waals surface area contributed by atoms with Gasteiger partial charge in [0.15, 0.2) is 23.0 Å². The lowest BCUT2D eigenvalue weighted by atomic mass is 10.2. The van der Waals surface area contributed by atoms with Gasteiger partial charge in [0, 0.05) is 0 Å². The Morgan fingerprint density at radius 3 is 1.50 bits per heavy atom. The van der Waals surface area contributed by atoms with Gasteiger partial charge in [-0.25, -0.2) is 0 Å². The molecule has 2 aliphatic rings. The Hall–Kier alpha value is -3.42. The maximum absolute atomic E-state index is 12.2. The molecule has 4 rings (SSSR count). The minimum atomic E-state index is -0.866. The van der Waals surface area contributed by atoms with Crippen LogP contribution in [0.25, 0.3) is 0 Å². The van der Waals surface area contributed by atoms with Crippen molar-refractivity contribution in [1.29, 1.82) is 0 Å². The maximum atomic E-state index is 12.2. The molecule has 134 valence electrons. The van der Waals surface area contributed by atoms with Gasteiger partial charge in [-0.2, -0.15) is 0 Å². The molecule has 2 heterocycles. The Morgan fingerprint density at radius 1 is 0.692 bits per heavy atom. The molecule has 2 amide bonds. The van der Waals surface area contributed by atoms with E-state index in [0.29, 0.717) is 23.0 Å². The predicted octanol–water partition coefficient (Wildman–Crippen LogP) is 0.814. The van der Waals surface area contributed by atoms with E-state index in [1.54, 1.807) is 36.4 Å². The second-order valence-electron chi connectivity index (χ2n) is 5.71. The number of rotatable bonds is 2. The molecular formula is C18H16N2O6. The van der Waals surface area contributed by atoms with Crippen molar-refractivity contribution in [3.05, 3.63) is 48.5 Å². The van der Waals surface area contributed by atoms with Crippen LogP contribution in [-0.2, 0) is 9.59 Å². The number of ether oxygens (including phenoxy) is 4. The molecule has 8 heteroatoms. The lowest BCUT2D eigenvalue weighted by Crippen LogP contribution is -2.55. The fourth-order valence-electron chi connectivity index (χ4n) is 2.58. The molecule has 2 aromatic rings. The van der Waals surface area contributed by atoms with Crippen molar-refractivity contribution < 1.29 is 28.5 Å². The van der Waals surface area contributed by atoms with Gasteiger partial charge < -0.3 is 18.9 Å². The fraction of sp³-hybridized carbons (Fsp3) is 0.222. The zero-order valence-electron chi connectivity index (χ0n) is 13.6. The first kappa shape index (κ1) is 16.1. The number of carbonyl (C=O) groups excluding carboxylic acids is 2. The zero-order valence-corrected chi connectivity index (χ0v) is 13.6. The van der Waals surface area contributed by atoms with Crippen LogP contribution in [0.3, 0.4) is 0 Å². The SMILES string of the molecule is O=C(NNC(=O)[C@H]1COc2ccccc2O1)[C@H]1COc2ccccc2O1. The highest BCUT2D eigenvalue weighted by Crippen LogP contribution is 2.31. The van der Waals surface area contributed by atoms with Crippen LogP contribution >= 0.6 is 0 Å². The van der Waals surface area contributed by atoms with E-state index in [4.69, 9.17) is 18.9 Å². The van der Waals surface area contributed by atoms with Crippen molar-refractivity contribution in [3.63, 3.8) is 0 Å². The Kier molecular flexibility index (Phi) is 4.22. The molecule has 0 unspecified atom stereocenters. The largest absolute Gasteiger partial charge is 0.485 e. The third-order valence-electron chi connectivity index (χ3n) is 3.91. The Balaban J connectivity index is 1.30. The first-order valence-corrected chi connectivity index (χ1v) is 8.07. The van der Waals surface area contributed by atoms with Crippen LogP contribution in [0.1, 0.15) is 0 Å². The summed E-state index contributed by atoms with van der Waals surface area (Å²) in [6.07, 6.45) is -1.73. The van der Waals surface area contributed by atoms with Gasteiger partial charge in [0.25, 0.3) is 11.8 Å². The van der Waals surface area contributed by atoms with Crippen molar-refractivity contribution in [3.8, 4) is 23.0 Å². The molecule has 0 radical (unpaired) electrons. The molecule has 0 bridgehead atoms. The van der Waals surface area contributed by atoms with Crippen molar-refractivity contribution in [1.82, 2.24) is 10.9 Å². The average molecular weight is 356 g/mol. The highest BCUT2D eigenvalue weighted by molar-refractivity contribution is 5.87. The second kappa shape index (κ2) is 6.83. The van der Waals surface area contributed by atoms with Crippen LogP contribution < -0.4 is 29.8 Å². The van der Waals surface area contributed by atoms with Crippen LogP contribution in [0.15, 0.2) is 48.5 Å². The van der Waals surface area contributed by atoms with Gasteiger partial charge in [0.05, 0.1) is 0 Å². The Bertz CT molecular complexity index is 770. The Morgan fingerprint density at radius 2 is 1.08 bits per heavy atom. The number of fused-ring (bicyclic) bond motifs is 2. The van der Waals surface area contributed by atoms with Gasteiger partial charge >= 0.3 is 0 Å². The van der Waals surface area contributed by atoms with Crippen molar-refractivity contribution in [2.75, 3.05) is 13.2 Å². The molecule has 26 heavy (non-hydrogen) atoms. The number of hydrogen-bond acceptors (Lipinski definition) is 6. The standard InChI is InChI=1S/C18H16N2O6/c21-17(15-9-23-11-5-1-3-7-13(11)25-15)19-20-18(22)16-10-24-12-6-2-4-8-14(12)26-16/h1-8,15-16H,9-10H2,(H,19,21)(H,20,22)/t15-,16-/m1/s1. The summed E-state index contributed by atoms with van der Waals surface area (Å²) in [5.41, 5.74) is 4.65. The zero-order chi connectivity index (χ0) is 17.9. The molecule has 2 atom stereocenters. The number of benzene rings is 2. The Labute approximate surface area is 149 Å². The lowest BCUT2D eigenvalue weighted by Gasteiger charge is -2.27. The quantitative estimate of drug-likeness (QED) is 0.774. The smallest absolute Gasteiger partial charge is 0.283 e. The van der Waals surface area contributed by atoms with Gasteiger partial charge in [-0.1, -0.05) is 24.3 Å². The molecule has 0 saturated carbocycles. The molecule has 0 spiro atoms. The van der Waals surface area contributed by atoms with Crippen LogP contribution in [-0.4, -0.2) is 37.2 Å². The average Bonchev–Trinajstić information content (AvgIpc) is 2.71. The summed E-state index contributed by atoms with van der Waals surface area (Å²) in [6.45, 7) is 0.101.